The van der Waals surface area contributed by atoms with Gasteiger partial charge in [0.05, 0.1) is 35.5 Å². The highest BCUT2D eigenvalue weighted by atomic mass is 16.7. The average Bonchev–Trinajstić information content (AvgIpc) is 3.53. The summed E-state index contributed by atoms with van der Waals surface area (Å²) in [6.07, 6.45) is 5.88. The van der Waals surface area contributed by atoms with E-state index < -0.39 is 82.7 Å². The van der Waals surface area contributed by atoms with Gasteiger partial charge in [-0.3, -0.25) is 19.2 Å². The van der Waals surface area contributed by atoms with Gasteiger partial charge in [0, 0.05) is 86.0 Å². The molecule has 1 aromatic heterocycles. The summed E-state index contributed by atoms with van der Waals surface area (Å²) in [7, 11) is 1.45. The molecule has 7 rings (SSSR count). The minimum atomic E-state index is -2.03. The molecule has 1 unspecified atom stereocenters. The summed E-state index contributed by atoms with van der Waals surface area (Å²) in [5.74, 6) is -6.61. The molecule has 3 aromatic carbocycles. The normalized spacial score (nSPS) is 31.3. The van der Waals surface area contributed by atoms with E-state index in [-0.39, 0.29) is 50.0 Å². The van der Waals surface area contributed by atoms with Crippen molar-refractivity contribution >= 4 is 62.0 Å². The number of Topliss-reactive ketones (excluding diaryl/α,β-unsaturated/α-hetero) is 1. The number of aromatic hydroxyl groups is 1. The van der Waals surface area contributed by atoms with Crippen molar-refractivity contribution in [3.63, 3.8) is 0 Å². The van der Waals surface area contributed by atoms with E-state index in [1.54, 1.807) is 52.8 Å². The number of aromatic nitrogens is 1. The zero-order valence-corrected chi connectivity index (χ0v) is 38.1. The van der Waals surface area contributed by atoms with E-state index >= 15 is 0 Å². The highest BCUT2D eigenvalue weighted by Crippen LogP contribution is 2.48. The van der Waals surface area contributed by atoms with E-state index in [9.17, 15) is 34.5 Å². The third-order valence-electron chi connectivity index (χ3n) is 13.3. The van der Waals surface area contributed by atoms with Crippen LogP contribution >= 0.6 is 0 Å². The maximum atomic E-state index is 14.8. The largest absolute Gasteiger partial charge is 0.505 e. The van der Waals surface area contributed by atoms with Crippen LogP contribution in [0.25, 0.3) is 33.0 Å². The lowest BCUT2D eigenvalue weighted by molar-refractivity contribution is -0.160. The highest BCUT2D eigenvalue weighted by molar-refractivity contribution is 6.26. The van der Waals surface area contributed by atoms with E-state index in [4.69, 9.17) is 28.3 Å². The molecular weight excluding hydrogens is 823 g/mol. The Morgan fingerprint density at radius 1 is 1.00 bits per heavy atom. The number of allylic oxidation sites excluding steroid dienone is 2. The van der Waals surface area contributed by atoms with Gasteiger partial charge in [-0.1, -0.05) is 52.8 Å². The average molecular weight is 882 g/mol. The maximum Gasteiger partial charge on any atom is 0.312 e. The fourth-order valence-electron chi connectivity index (χ4n) is 9.42. The second kappa shape index (κ2) is 18.0. The van der Waals surface area contributed by atoms with Crippen molar-refractivity contribution in [2.45, 2.75) is 105 Å². The lowest BCUT2D eigenvalue weighted by Gasteiger charge is -2.38. The number of aliphatic hydroxyl groups excluding tert-OH is 2. The van der Waals surface area contributed by atoms with Crippen LogP contribution < -0.4 is 20.4 Å². The number of fused-ring (bicyclic) bond motifs is 2. The SMILES string of the molecule is CO[C@H]1/C=C\O[C@@]2(C)Oc3c(C)c(=O)c4c(O)c(c5oc6cc(N7CCCC(C)C7)ccc6nc5c4c3C2=O)NC(=O)/C(C)=C/C=C/[C@H](C)[C@H](O)[C@@H](C)[C@@H](O)[C@@H](C)[C@H](OC(C)=O)[C@@H]1C. The lowest BCUT2D eigenvalue weighted by atomic mass is 9.78. The number of phenols is 1. The molecular formula is C49H59N3O12. The number of nitrogens with one attached hydrogen (secondary N) is 1. The topological polar surface area (TPSA) is 207 Å². The number of amides is 1. The van der Waals surface area contributed by atoms with Crippen LogP contribution in [0.1, 0.15) is 84.2 Å². The predicted octanol–water partition coefficient (Wildman–Crippen LogP) is 7.23. The number of ketones is 1. The van der Waals surface area contributed by atoms with Crippen LogP contribution in [0.5, 0.6) is 11.5 Å². The second-order valence-electron chi connectivity index (χ2n) is 18.1. The Morgan fingerprint density at radius 2 is 1.73 bits per heavy atom. The van der Waals surface area contributed by atoms with Gasteiger partial charge in [0.1, 0.15) is 28.6 Å². The van der Waals surface area contributed by atoms with Crippen LogP contribution in [0.2, 0.25) is 0 Å². The first-order valence-corrected chi connectivity index (χ1v) is 21.9. The summed E-state index contributed by atoms with van der Waals surface area (Å²) in [6.45, 7) is 16.6. The van der Waals surface area contributed by atoms with E-state index in [0.29, 0.717) is 17.0 Å². The van der Waals surface area contributed by atoms with Crippen LogP contribution in [0.4, 0.5) is 11.4 Å². The quantitative estimate of drug-likeness (QED) is 0.0693. The molecule has 0 radical (unpaired) electrons. The molecule has 1 fully saturated rings. The first-order chi connectivity index (χ1) is 30.3. The Balaban J connectivity index is 1.44. The molecule has 0 aliphatic carbocycles. The minimum Gasteiger partial charge on any atom is -0.505 e. The van der Waals surface area contributed by atoms with Gasteiger partial charge in [-0.25, -0.2) is 4.98 Å². The first-order valence-electron chi connectivity index (χ1n) is 21.9. The molecule has 0 spiro atoms. The number of nitrogens with zero attached hydrogens (tertiary/aromatic N) is 2. The van der Waals surface area contributed by atoms with E-state index in [0.717, 1.165) is 31.6 Å². The number of esters is 1. The fourth-order valence-corrected chi connectivity index (χ4v) is 9.42. The Bertz CT molecular complexity index is 2670. The number of hydrogen-bond acceptors (Lipinski definition) is 14. The van der Waals surface area contributed by atoms with Crippen molar-refractivity contribution in [2.24, 2.45) is 29.6 Å². The Kier molecular flexibility index (Phi) is 13.0. The van der Waals surface area contributed by atoms with Crippen LogP contribution in [0, 0.1) is 36.5 Å². The number of aliphatic hydroxyl groups is 2. The molecule has 4 aromatic rings. The van der Waals surface area contributed by atoms with E-state index in [1.165, 1.54) is 46.3 Å². The zero-order chi connectivity index (χ0) is 46.5. The van der Waals surface area contributed by atoms with Gasteiger partial charge >= 0.3 is 11.8 Å². The Hall–Kier alpha value is -5.77. The molecule has 15 heteroatoms. The van der Waals surface area contributed by atoms with Gasteiger partial charge in [-0.15, -0.1) is 0 Å². The number of hydrogen-bond donors (Lipinski definition) is 4. The summed E-state index contributed by atoms with van der Waals surface area (Å²) >= 11 is 0. The number of rotatable bonds is 3. The van der Waals surface area contributed by atoms with Gasteiger partial charge in [-0.05, 0) is 50.8 Å². The number of benzene rings is 3. The summed E-state index contributed by atoms with van der Waals surface area (Å²) in [4.78, 5) is 62.8. The number of piperidine rings is 1. The van der Waals surface area contributed by atoms with Crippen molar-refractivity contribution < 1.29 is 53.1 Å². The summed E-state index contributed by atoms with van der Waals surface area (Å²) in [5.41, 5.74) is 0.822. The van der Waals surface area contributed by atoms with Gasteiger partial charge < -0.3 is 48.9 Å². The monoisotopic (exact) mass is 881 g/mol. The fraction of sp³-hybridized carbons (Fsp3) is 0.490. The molecule has 3 aliphatic rings. The molecule has 64 heavy (non-hydrogen) atoms. The predicted molar refractivity (Wildman–Crippen MR) is 242 cm³/mol. The lowest BCUT2D eigenvalue weighted by Crippen LogP contribution is -2.46. The molecule has 1 saturated heterocycles. The van der Waals surface area contributed by atoms with Gasteiger partial charge in [0.2, 0.25) is 0 Å². The van der Waals surface area contributed by atoms with Crippen LogP contribution in [-0.2, 0) is 23.8 Å². The van der Waals surface area contributed by atoms with Crippen molar-refractivity contribution in [1.82, 2.24) is 4.98 Å². The summed E-state index contributed by atoms with van der Waals surface area (Å²) < 4.78 is 30.5. The third-order valence-corrected chi connectivity index (χ3v) is 13.3. The molecule has 1 amide bonds. The molecule has 0 saturated carbocycles. The third kappa shape index (κ3) is 8.36. The van der Waals surface area contributed by atoms with Gasteiger partial charge in [-0.2, -0.15) is 0 Å². The summed E-state index contributed by atoms with van der Waals surface area (Å²) in [6, 6.07) is 5.59. The van der Waals surface area contributed by atoms with Crippen LogP contribution in [0.15, 0.2) is 63.6 Å². The van der Waals surface area contributed by atoms with Crippen LogP contribution in [-0.4, -0.2) is 88.4 Å². The van der Waals surface area contributed by atoms with E-state index in [1.807, 2.05) is 12.1 Å². The Morgan fingerprint density at radius 3 is 2.42 bits per heavy atom. The first kappa shape index (κ1) is 46.2. The smallest absolute Gasteiger partial charge is 0.312 e. The number of phenolic OH excluding ortho intramolecular Hbond substituents is 1. The molecule has 342 valence electrons. The van der Waals surface area contributed by atoms with Gasteiger partial charge in [0.25, 0.3) is 11.7 Å². The number of methoxy groups -OCH3 is 1. The van der Waals surface area contributed by atoms with E-state index in [2.05, 4.69) is 17.1 Å². The molecule has 4 heterocycles. The standard InChI is InChI=1S/C49H59N3O12/c1-23-13-12-19-52(22-23)31-16-17-32-34(21-31)63-46-38(50-32)35-36-42(56)29(7)45-37(35)47(58)49(9,64-45)61-20-18-33(60-10)26(4)44(62-30(8)53)28(6)41(55)27(5)40(54)24(2)14-11-15-25(3)48(59)51-39(46)43(36)57/h11,14-18,20-21,23-24,26-28,33,40-41,44,54-55,57H,12-13,19,22H2,1-10H3,(H,51,59)/b14-11+,20-18-,25-15+/t23?,24-,26+,27+,28+,33-,40-,41+,44+,49-/m0/s1. The number of carbonyl (C=O) groups excluding carboxylic acids is 3. The summed E-state index contributed by atoms with van der Waals surface area (Å²) in [5, 5.41) is 37.6. The van der Waals surface area contributed by atoms with Crippen molar-refractivity contribution in [1.29, 1.82) is 0 Å². The minimum absolute atomic E-state index is 0.00893. The molecule has 3 aliphatic heterocycles. The maximum absolute atomic E-state index is 14.8. The molecule has 15 nitrogen and oxygen atoms in total. The number of ether oxygens (including phenoxy) is 4. The highest BCUT2D eigenvalue weighted by Gasteiger charge is 2.49. The van der Waals surface area contributed by atoms with Crippen molar-refractivity contribution in [2.75, 3.05) is 30.4 Å². The Labute approximate surface area is 371 Å². The van der Waals surface area contributed by atoms with Crippen molar-refractivity contribution in [3.05, 3.63) is 75.7 Å². The van der Waals surface area contributed by atoms with Crippen LogP contribution in [0.3, 0.4) is 0 Å². The van der Waals surface area contributed by atoms with Crippen molar-refractivity contribution in [3.8, 4) is 11.5 Å². The molecule has 10 atom stereocenters. The number of carbonyl (C=O) groups is 3. The second-order valence-corrected chi connectivity index (χ2v) is 18.1. The number of anilines is 2. The zero-order valence-electron chi connectivity index (χ0n) is 38.1. The van der Waals surface area contributed by atoms with Gasteiger partial charge in [0.15, 0.2) is 22.3 Å². The molecule has 4 N–H and O–H groups in total. The molecule has 4 bridgehead atoms.